The summed E-state index contributed by atoms with van der Waals surface area (Å²) in [4.78, 5) is 26.5. The smallest absolute Gasteiger partial charge is 0.311 e. The summed E-state index contributed by atoms with van der Waals surface area (Å²) in [6.45, 7) is 2.78. The van der Waals surface area contributed by atoms with Crippen molar-refractivity contribution >= 4 is 11.8 Å². The third kappa shape index (κ3) is 3.84. The molecule has 0 unspecified atom stereocenters. The maximum Gasteiger partial charge on any atom is 0.311 e. The summed E-state index contributed by atoms with van der Waals surface area (Å²) in [5.41, 5.74) is 1.03. The monoisotopic (exact) mass is 356 g/mol. The van der Waals surface area contributed by atoms with Crippen molar-refractivity contribution in [3.05, 3.63) is 35.9 Å². The van der Waals surface area contributed by atoms with Crippen LogP contribution in [0.2, 0.25) is 0 Å². The van der Waals surface area contributed by atoms with E-state index in [9.17, 15) is 9.59 Å². The molecular formula is C21H28N2O3. The van der Waals surface area contributed by atoms with Crippen LogP contribution in [0.4, 0.5) is 0 Å². The van der Waals surface area contributed by atoms with Crippen LogP contribution in [0.15, 0.2) is 30.3 Å². The standard InChI is InChI=1S/C21H28N2O3/c24-18-8-10-23(11-9-18)14-22-20-17-7-6-16(12-17)19(20)21(25)26-13-15-4-2-1-3-5-15/h1-5,16-17,19-20,22H,6-14H2/t16-,17-,19+,20+/m0/s1. The van der Waals surface area contributed by atoms with Gasteiger partial charge < -0.3 is 10.1 Å². The summed E-state index contributed by atoms with van der Waals surface area (Å²) in [5.74, 6) is 1.34. The number of carbonyl (C=O) groups is 2. The molecule has 140 valence electrons. The number of fused-ring (bicyclic) bond motifs is 2. The Morgan fingerprint density at radius 3 is 2.62 bits per heavy atom. The van der Waals surface area contributed by atoms with Crippen molar-refractivity contribution in [3.63, 3.8) is 0 Å². The van der Waals surface area contributed by atoms with Crippen molar-refractivity contribution in [3.8, 4) is 0 Å². The quantitative estimate of drug-likeness (QED) is 0.793. The Morgan fingerprint density at radius 2 is 1.85 bits per heavy atom. The van der Waals surface area contributed by atoms with E-state index < -0.39 is 0 Å². The number of ketones is 1. The van der Waals surface area contributed by atoms with Crippen LogP contribution in [0.5, 0.6) is 0 Å². The lowest BCUT2D eigenvalue weighted by molar-refractivity contribution is -0.152. The van der Waals surface area contributed by atoms with Gasteiger partial charge in [0, 0.05) is 38.6 Å². The number of nitrogens with one attached hydrogen (secondary N) is 1. The molecule has 2 bridgehead atoms. The molecule has 5 heteroatoms. The minimum Gasteiger partial charge on any atom is -0.461 e. The Bertz CT molecular complexity index is 638. The first kappa shape index (κ1) is 17.7. The second-order valence-corrected chi connectivity index (χ2v) is 8.00. The zero-order valence-electron chi connectivity index (χ0n) is 15.2. The fourth-order valence-electron chi connectivity index (χ4n) is 4.94. The average Bonchev–Trinajstić information content (AvgIpc) is 3.28. The summed E-state index contributed by atoms with van der Waals surface area (Å²) < 4.78 is 5.66. The van der Waals surface area contributed by atoms with Gasteiger partial charge in [-0.1, -0.05) is 30.3 Å². The topological polar surface area (TPSA) is 58.6 Å². The number of hydrogen-bond acceptors (Lipinski definition) is 5. The van der Waals surface area contributed by atoms with Crippen LogP contribution in [-0.4, -0.2) is 42.5 Å². The summed E-state index contributed by atoms with van der Waals surface area (Å²) in [7, 11) is 0. The zero-order valence-corrected chi connectivity index (χ0v) is 15.2. The van der Waals surface area contributed by atoms with Crippen molar-refractivity contribution in [1.82, 2.24) is 10.2 Å². The summed E-state index contributed by atoms with van der Waals surface area (Å²) >= 11 is 0. The number of ether oxygens (including phenoxy) is 1. The van der Waals surface area contributed by atoms with E-state index in [-0.39, 0.29) is 17.9 Å². The molecule has 26 heavy (non-hydrogen) atoms. The Balaban J connectivity index is 1.33. The van der Waals surface area contributed by atoms with Gasteiger partial charge in [-0.3, -0.25) is 14.5 Å². The molecule has 0 radical (unpaired) electrons. The highest BCUT2D eigenvalue weighted by atomic mass is 16.5. The van der Waals surface area contributed by atoms with E-state index in [2.05, 4.69) is 10.2 Å². The highest BCUT2D eigenvalue weighted by molar-refractivity contribution is 5.79. The number of carbonyl (C=O) groups excluding carboxylic acids is 2. The molecule has 1 aromatic rings. The van der Waals surface area contributed by atoms with Crippen molar-refractivity contribution in [2.75, 3.05) is 19.8 Å². The maximum atomic E-state index is 12.8. The molecule has 1 heterocycles. The number of esters is 1. The summed E-state index contributed by atoms with van der Waals surface area (Å²) in [6.07, 6.45) is 4.80. The SMILES string of the molecule is O=C1CCN(CN[C@@H]2[C@H]3CC[C@@H](C3)[C@H]2C(=O)OCc2ccccc2)CC1. The number of nitrogens with zero attached hydrogens (tertiary/aromatic N) is 1. The van der Waals surface area contributed by atoms with Gasteiger partial charge in [0.05, 0.1) is 5.92 Å². The lowest BCUT2D eigenvalue weighted by Crippen LogP contribution is -2.50. The molecule has 2 saturated carbocycles. The molecule has 3 aliphatic rings. The van der Waals surface area contributed by atoms with Crippen LogP contribution >= 0.6 is 0 Å². The molecule has 5 nitrogen and oxygen atoms in total. The van der Waals surface area contributed by atoms with Crippen LogP contribution in [0.25, 0.3) is 0 Å². The fraction of sp³-hybridized carbons (Fsp3) is 0.619. The van der Waals surface area contributed by atoms with Crippen LogP contribution < -0.4 is 5.32 Å². The largest absolute Gasteiger partial charge is 0.461 e. The van der Waals surface area contributed by atoms with Crippen molar-refractivity contribution in [2.45, 2.75) is 44.8 Å². The number of hydrogen-bond donors (Lipinski definition) is 1. The van der Waals surface area contributed by atoms with Gasteiger partial charge in [0.2, 0.25) is 0 Å². The van der Waals surface area contributed by atoms with Gasteiger partial charge in [0.15, 0.2) is 0 Å². The number of likely N-dealkylation sites (tertiary alicyclic amines) is 1. The third-order valence-electron chi connectivity index (χ3n) is 6.38. The molecule has 3 fully saturated rings. The van der Waals surface area contributed by atoms with E-state index in [0.29, 0.717) is 37.1 Å². The van der Waals surface area contributed by atoms with Crippen LogP contribution in [-0.2, 0) is 20.9 Å². The van der Waals surface area contributed by atoms with Gasteiger partial charge in [0.1, 0.15) is 12.4 Å². The van der Waals surface area contributed by atoms with Gasteiger partial charge in [0.25, 0.3) is 0 Å². The summed E-state index contributed by atoms with van der Waals surface area (Å²) in [6, 6.07) is 10.1. The first-order valence-electron chi connectivity index (χ1n) is 9.88. The van der Waals surface area contributed by atoms with E-state index in [1.807, 2.05) is 30.3 Å². The Morgan fingerprint density at radius 1 is 1.12 bits per heavy atom. The Labute approximate surface area is 155 Å². The highest BCUT2D eigenvalue weighted by Crippen LogP contribution is 2.49. The van der Waals surface area contributed by atoms with Crippen molar-refractivity contribution < 1.29 is 14.3 Å². The number of benzene rings is 1. The van der Waals surface area contributed by atoms with Crippen LogP contribution in [0, 0.1) is 17.8 Å². The minimum atomic E-state index is -0.0487. The molecule has 4 rings (SSSR count). The molecule has 0 aromatic heterocycles. The first-order chi connectivity index (χ1) is 12.7. The zero-order chi connectivity index (χ0) is 17.9. The Hall–Kier alpha value is -1.72. The molecular weight excluding hydrogens is 328 g/mol. The fourth-order valence-corrected chi connectivity index (χ4v) is 4.94. The predicted molar refractivity (Wildman–Crippen MR) is 98.2 cm³/mol. The summed E-state index contributed by atoms with van der Waals surface area (Å²) in [5, 5.41) is 3.64. The molecule has 0 spiro atoms. The molecule has 1 N–H and O–H groups in total. The van der Waals surface area contributed by atoms with Gasteiger partial charge in [-0.15, -0.1) is 0 Å². The number of rotatable bonds is 6. The van der Waals surface area contributed by atoms with Crippen molar-refractivity contribution in [1.29, 1.82) is 0 Å². The van der Waals surface area contributed by atoms with Gasteiger partial charge in [-0.25, -0.2) is 0 Å². The highest BCUT2D eigenvalue weighted by Gasteiger charge is 2.51. The maximum absolute atomic E-state index is 12.8. The first-order valence-corrected chi connectivity index (χ1v) is 9.88. The van der Waals surface area contributed by atoms with Crippen LogP contribution in [0.3, 0.4) is 0 Å². The normalized spacial score (nSPS) is 31.3. The predicted octanol–water partition coefficient (Wildman–Crippen LogP) is 2.36. The van der Waals surface area contributed by atoms with Gasteiger partial charge >= 0.3 is 5.97 Å². The lowest BCUT2D eigenvalue weighted by Gasteiger charge is -2.33. The minimum absolute atomic E-state index is 0.0242. The lowest BCUT2D eigenvalue weighted by atomic mass is 9.84. The molecule has 1 saturated heterocycles. The van der Waals surface area contributed by atoms with E-state index >= 15 is 0 Å². The Kier molecular flexibility index (Phi) is 5.36. The number of piperidine rings is 1. The second kappa shape index (κ2) is 7.89. The van der Waals surface area contributed by atoms with Crippen molar-refractivity contribution in [2.24, 2.45) is 17.8 Å². The van der Waals surface area contributed by atoms with E-state index in [1.54, 1.807) is 0 Å². The molecule has 4 atom stereocenters. The molecule has 1 aliphatic heterocycles. The molecule has 1 aromatic carbocycles. The van der Waals surface area contributed by atoms with E-state index in [0.717, 1.165) is 38.2 Å². The van der Waals surface area contributed by atoms with E-state index in [4.69, 9.17) is 4.74 Å². The van der Waals surface area contributed by atoms with Gasteiger partial charge in [-0.05, 0) is 36.7 Å². The van der Waals surface area contributed by atoms with Crippen LogP contribution in [0.1, 0.15) is 37.7 Å². The molecule has 2 aliphatic carbocycles. The second-order valence-electron chi connectivity index (χ2n) is 8.00. The third-order valence-corrected chi connectivity index (χ3v) is 6.38. The van der Waals surface area contributed by atoms with Gasteiger partial charge in [-0.2, -0.15) is 0 Å². The average molecular weight is 356 g/mol. The number of Topliss-reactive ketones (excluding diaryl/α,β-unsaturated/α-hetero) is 1. The van der Waals surface area contributed by atoms with E-state index in [1.165, 1.54) is 6.42 Å². The molecule has 0 amide bonds.